The predicted molar refractivity (Wildman–Crippen MR) is 82.6 cm³/mol. The number of rotatable bonds is 6. The summed E-state index contributed by atoms with van der Waals surface area (Å²) < 4.78 is 24.3. The van der Waals surface area contributed by atoms with Crippen LogP contribution in [0.15, 0.2) is 12.1 Å². The number of ether oxygens (including phenoxy) is 2. The summed E-state index contributed by atoms with van der Waals surface area (Å²) in [5, 5.41) is 20.8. The van der Waals surface area contributed by atoms with Gasteiger partial charge in [0.2, 0.25) is 0 Å². The van der Waals surface area contributed by atoms with Gasteiger partial charge in [-0.1, -0.05) is 0 Å². The summed E-state index contributed by atoms with van der Waals surface area (Å²) in [4.78, 5) is 23.6. The molecule has 0 saturated carbocycles. The molecule has 132 valence electrons. The zero-order valence-electron chi connectivity index (χ0n) is 13.4. The smallest absolute Gasteiger partial charge is 0.344 e. The van der Waals surface area contributed by atoms with Gasteiger partial charge in [0.25, 0.3) is 5.69 Å². The lowest BCUT2D eigenvalue weighted by molar-refractivity contribution is -0.385. The second kappa shape index (κ2) is 7.54. The van der Waals surface area contributed by atoms with E-state index in [0.717, 1.165) is 13.2 Å². The Hall–Kier alpha value is -2.26. The Morgan fingerprint density at radius 1 is 1.62 bits per heavy atom. The van der Waals surface area contributed by atoms with Crippen LogP contribution in [0.5, 0.6) is 0 Å². The first-order valence-electron chi connectivity index (χ1n) is 7.43. The molecule has 0 aliphatic carbocycles. The molecule has 0 spiro atoms. The highest BCUT2D eigenvalue weighted by Crippen LogP contribution is 2.32. The number of carbonyl (C=O) groups excluding carboxylic acids is 1. The number of nitrogens with zero attached hydrogens (tertiary/aromatic N) is 2. The van der Waals surface area contributed by atoms with E-state index in [0.29, 0.717) is 25.7 Å². The van der Waals surface area contributed by atoms with Gasteiger partial charge in [-0.05, 0) is 19.4 Å². The van der Waals surface area contributed by atoms with Gasteiger partial charge >= 0.3 is 5.97 Å². The van der Waals surface area contributed by atoms with Crippen LogP contribution in [-0.4, -0.2) is 55.0 Å². The summed E-state index contributed by atoms with van der Waals surface area (Å²) in [5.41, 5.74) is -1.01. The van der Waals surface area contributed by atoms with Crippen LogP contribution in [0.1, 0.15) is 23.7 Å². The predicted octanol–water partition coefficient (Wildman–Crippen LogP) is 1.50. The lowest BCUT2D eigenvalue weighted by atomic mass is 10.1. The minimum atomic E-state index is -0.928. The molecule has 1 heterocycles. The van der Waals surface area contributed by atoms with Crippen LogP contribution in [0.3, 0.4) is 0 Å². The van der Waals surface area contributed by atoms with Crippen molar-refractivity contribution in [1.29, 1.82) is 0 Å². The van der Waals surface area contributed by atoms with Crippen molar-refractivity contribution in [1.82, 2.24) is 0 Å². The van der Waals surface area contributed by atoms with Crippen LogP contribution >= 0.6 is 0 Å². The molecule has 2 atom stereocenters. The van der Waals surface area contributed by atoms with E-state index in [1.54, 1.807) is 11.8 Å². The van der Waals surface area contributed by atoms with Crippen molar-refractivity contribution in [3.8, 4) is 0 Å². The minimum absolute atomic E-state index is 0.00241. The molecule has 1 aliphatic heterocycles. The number of aliphatic hydroxyl groups excluding tert-OH is 1. The number of nitro groups is 1. The Morgan fingerprint density at radius 2 is 2.33 bits per heavy atom. The molecule has 2 rings (SSSR count). The SMILES string of the molecule is COC(=O)c1cc(N(CC(C)O)C2CCOC2)c(F)cc1[N+](=O)[O-]. The molecule has 0 radical (unpaired) electrons. The number of anilines is 1. The molecular formula is C15H19FN2O6. The summed E-state index contributed by atoms with van der Waals surface area (Å²) in [6, 6.07) is 1.60. The summed E-state index contributed by atoms with van der Waals surface area (Å²) in [6.07, 6.45) is -0.141. The van der Waals surface area contributed by atoms with E-state index < -0.39 is 28.5 Å². The largest absolute Gasteiger partial charge is 0.465 e. The van der Waals surface area contributed by atoms with Crippen LogP contribution in [0.4, 0.5) is 15.8 Å². The molecule has 0 amide bonds. The molecule has 8 nitrogen and oxygen atoms in total. The monoisotopic (exact) mass is 342 g/mol. The quantitative estimate of drug-likeness (QED) is 0.475. The average molecular weight is 342 g/mol. The van der Waals surface area contributed by atoms with Crippen LogP contribution in [0.25, 0.3) is 0 Å². The van der Waals surface area contributed by atoms with Gasteiger partial charge in [-0.3, -0.25) is 10.1 Å². The number of benzene rings is 1. The zero-order chi connectivity index (χ0) is 17.9. The Labute approximate surface area is 137 Å². The van der Waals surface area contributed by atoms with Gasteiger partial charge in [0, 0.05) is 13.2 Å². The lowest BCUT2D eigenvalue weighted by Gasteiger charge is -2.31. The Balaban J connectivity index is 2.52. The number of esters is 1. The normalized spacial score (nSPS) is 18.2. The van der Waals surface area contributed by atoms with E-state index in [1.165, 1.54) is 0 Å². The van der Waals surface area contributed by atoms with E-state index in [2.05, 4.69) is 4.74 Å². The molecule has 1 N–H and O–H groups in total. The number of carbonyl (C=O) groups is 1. The number of halogens is 1. The first-order chi connectivity index (χ1) is 11.3. The molecule has 9 heteroatoms. The molecule has 1 aromatic rings. The third-order valence-electron chi connectivity index (χ3n) is 3.78. The highest BCUT2D eigenvalue weighted by Gasteiger charge is 2.31. The highest BCUT2D eigenvalue weighted by atomic mass is 19.1. The van der Waals surface area contributed by atoms with E-state index >= 15 is 0 Å². The van der Waals surface area contributed by atoms with Crippen LogP contribution in [0.2, 0.25) is 0 Å². The molecule has 0 aromatic heterocycles. The maximum absolute atomic E-state index is 14.5. The van der Waals surface area contributed by atoms with Crippen molar-refractivity contribution in [3.63, 3.8) is 0 Å². The Morgan fingerprint density at radius 3 is 2.83 bits per heavy atom. The molecule has 1 fully saturated rings. The number of methoxy groups -OCH3 is 1. The van der Waals surface area contributed by atoms with Gasteiger partial charge in [0.1, 0.15) is 5.56 Å². The maximum atomic E-state index is 14.5. The molecular weight excluding hydrogens is 323 g/mol. The fraction of sp³-hybridized carbons (Fsp3) is 0.533. The average Bonchev–Trinajstić information content (AvgIpc) is 3.05. The third kappa shape index (κ3) is 3.80. The van der Waals surface area contributed by atoms with Crippen molar-refractivity contribution in [2.24, 2.45) is 0 Å². The molecule has 1 aromatic carbocycles. The van der Waals surface area contributed by atoms with Gasteiger partial charge in [-0.2, -0.15) is 0 Å². The fourth-order valence-electron chi connectivity index (χ4n) is 2.69. The van der Waals surface area contributed by atoms with Gasteiger partial charge in [0.15, 0.2) is 5.82 Å². The van der Waals surface area contributed by atoms with Crippen molar-refractivity contribution in [2.75, 3.05) is 31.8 Å². The van der Waals surface area contributed by atoms with Gasteiger partial charge < -0.3 is 19.5 Å². The molecule has 2 unspecified atom stereocenters. The number of aliphatic hydroxyl groups is 1. The second-order valence-corrected chi connectivity index (χ2v) is 5.59. The van der Waals surface area contributed by atoms with Crippen molar-refractivity contribution < 1.29 is 28.7 Å². The number of nitro benzene ring substituents is 1. The van der Waals surface area contributed by atoms with E-state index in [9.17, 15) is 24.4 Å². The minimum Gasteiger partial charge on any atom is -0.465 e. The standard InChI is InChI=1S/C15H19FN2O6/c1-9(19)7-17(10-3-4-24-8-10)14-5-11(15(20)23-2)13(18(21)22)6-12(14)16/h5-6,9-10,19H,3-4,7-8H2,1-2H3. The summed E-state index contributed by atoms with van der Waals surface area (Å²) >= 11 is 0. The number of hydrogen-bond donors (Lipinski definition) is 1. The van der Waals surface area contributed by atoms with Gasteiger partial charge in [-0.25, -0.2) is 9.18 Å². The van der Waals surface area contributed by atoms with E-state index in [1.807, 2.05) is 0 Å². The topological polar surface area (TPSA) is 102 Å². The van der Waals surface area contributed by atoms with Crippen LogP contribution in [-0.2, 0) is 9.47 Å². The first-order valence-corrected chi connectivity index (χ1v) is 7.43. The lowest BCUT2D eigenvalue weighted by Crippen LogP contribution is -2.41. The summed E-state index contributed by atoms with van der Waals surface area (Å²) in [7, 11) is 1.09. The summed E-state index contributed by atoms with van der Waals surface area (Å²) in [6.45, 7) is 2.49. The third-order valence-corrected chi connectivity index (χ3v) is 3.78. The fourth-order valence-corrected chi connectivity index (χ4v) is 2.69. The van der Waals surface area contributed by atoms with Gasteiger partial charge in [0.05, 0.1) is 42.5 Å². The van der Waals surface area contributed by atoms with Crippen molar-refractivity contribution in [3.05, 3.63) is 33.6 Å². The highest BCUT2D eigenvalue weighted by molar-refractivity contribution is 5.95. The first kappa shape index (κ1) is 18.1. The van der Waals surface area contributed by atoms with E-state index in [4.69, 9.17) is 4.74 Å². The van der Waals surface area contributed by atoms with Crippen molar-refractivity contribution in [2.45, 2.75) is 25.5 Å². The summed E-state index contributed by atoms with van der Waals surface area (Å²) in [5.74, 6) is -1.77. The van der Waals surface area contributed by atoms with Crippen molar-refractivity contribution >= 4 is 17.3 Å². The zero-order valence-corrected chi connectivity index (χ0v) is 13.4. The van der Waals surface area contributed by atoms with Gasteiger partial charge in [-0.15, -0.1) is 0 Å². The molecule has 1 aliphatic rings. The second-order valence-electron chi connectivity index (χ2n) is 5.59. The molecule has 0 bridgehead atoms. The number of hydrogen-bond acceptors (Lipinski definition) is 7. The van der Waals surface area contributed by atoms with E-state index in [-0.39, 0.29) is 23.8 Å². The molecule has 24 heavy (non-hydrogen) atoms. The van der Waals surface area contributed by atoms with Crippen LogP contribution < -0.4 is 4.90 Å². The maximum Gasteiger partial charge on any atom is 0.344 e. The van der Waals surface area contributed by atoms with Crippen LogP contribution in [0, 0.1) is 15.9 Å². The molecule has 1 saturated heterocycles. The Bertz CT molecular complexity index is 631. The Kier molecular flexibility index (Phi) is 5.68.